The van der Waals surface area contributed by atoms with E-state index in [0.717, 1.165) is 31.8 Å². The van der Waals surface area contributed by atoms with Crippen LogP contribution < -0.4 is 0 Å². The van der Waals surface area contributed by atoms with Crippen LogP contribution in [0.5, 0.6) is 0 Å². The van der Waals surface area contributed by atoms with Crippen LogP contribution in [0, 0.1) is 5.41 Å². The molecule has 0 saturated heterocycles. The molecule has 0 aromatic carbocycles. The molecule has 17 heavy (non-hydrogen) atoms. The smallest absolute Gasteiger partial charge is 0.117 e. The van der Waals surface area contributed by atoms with E-state index >= 15 is 0 Å². The highest BCUT2D eigenvalue weighted by Gasteiger charge is 2.22. The van der Waals surface area contributed by atoms with Crippen molar-refractivity contribution < 1.29 is 9.52 Å². The van der Waals surface area contributed by atoms with Gasteiger partial charge in [-0.15, -0.1) is 0 Å². The maximum Gasteiger partial charge on any atom is 0.117 e. The predicted octanol–water partition coefficient (Wildman–Crippen LogP) is 2.90. The van der Waals surface area contributed by atoms with Gasteiger partial charge >= 0.3 is 0 Å². The number of aliphatic hydroxyl groups excluding tert-OH is 1. The van der Waals surface area contributed by atoms with Crippen LogP contribution in [0.1, 0.15) is 39.9 Å². The first kappa shape index (κ1) is 14.3. The Labute approximate surface area is 104 Å². The maximum atomic E-state index is 10.0. The van der Waals surface area contributed by atoms with Crippen LogP contribution in [-0.2, 0) is 6.54 Å². The van der Waals surface area contributed by atoms with Crippen LogP contribution in [0.3, 0.4) is 0 Å². The number of nitrogens with zero attached hydrogens (tertiary/aromatic N) is 1. The molecule has 1 N–H and O–H groups in total. The van der Waals surface area contributed by atoms with Crippen molar-refractivity contribution >= 4 is 0 Å². The third kappa shape index (κ3) is 4.92. The lowest BCUT2D eigenvalue weighted by Crippen LogP contribution is -2.32. The second-order valence-electron chi connectivity index (χ2n) is 5.62. The van der Waals surface area contributed by atoms with Gasteiger partial charge in [-0.1, -0.05) is 27.7 Å². The van der Waals surface area contributed by atoms with Crippen LogP contribution in [0.15, 0.2) is 22.8 Å². The van der Waals surface area contributed by atoms with Crippen LogP contribution >= 0.6 is 0 Å². The molecule has 0 fully saturated rings. The Morgan fingerprint density at radius 3 is 2.59 bits per heavy atom. The zero-order valence-corrected chi connectivity index (χ0v) is 11.4. The second kappa shape index (κ2) is 6.22. The maximum absolute atomic E-state index is 10.0. The van der Waals surface area contributed by atoms with Gasteiger partial charge in [0.15, 0.2) is 0 Å². The quantitative estimate of drug-likeness (QED) is 0.829. The van der Waals surface area contributed by atoms with E-state index in [0.29, 0.717) is 0 Å². The fourth-order valence-corrected chi connectivity index (χ4v) is 1.71. The predicted molar refractivity (Wildman–Crippen MR) is 69.7 cm³/mol. The highest BCUT2D eigenvalue weighted by atomic mass is 16.3. The molecule has 3 nitrogen and oxygen atoms in total. The molecule has 0 aliphatic heterocycles. The van der Waals surface area contributed by atoms with Crippen molar-refractivity contribution in [3.05, 3.63) is 24.2 Å². The van der Waals surface area contributed by atoms with Gasteiger partial charge in [0.25, 0.3) is 0 Å². The van der Waals surface area contributed by atoms with E-state index < -0.39 is 0 Å². The molecule has 0 aliphatic rings. The summed E-state index contributed by atoms with van der Waals surface area (Å²) >= 11 is 0. The molecule has 0 saturated carbocycles. The minimum Gasteiger partial charge on any atom is -0.468 e. The molecule has 1 atom stereocenters. The van der Waals surface area contributed by atoms with E-state index in [1.54, 1.807) is 6.26 Å². The third-order valence-electron chi connectivity index (χ3n) is 3.13. The Morgan fingerprint density at radius 1 is 1.41 bits per heavy atom. The molecule has 3 heteroatoms. The van der Waals surface area contributed by atoms with Gasteiger partial charge in [-0.3, -0.25) is 4.90 Å². The van der Waals surface area contributed by atoms with Crippen molar-refractivity contribution in [1.29, 1.82) is 0 Å². The van der Waals surface area contributed by atoms with Gasteiger partial charge < -0.3 is 9.52 Å². The van der Waals surface area contributed by atoms with Crippen molar-refractivity contribution in [2.45, 2.75) is 46.8 Å². The van der Waals surface area contributed by atoms with Crippen molar-refractivity contribution in [3.8, 4) is 0 Å². The van der Waals surface area contributed by atoms with E-state index in [4.69, 9.17) is 4.42 Å². The normalized spacial score (nSPS) is 14.2. The van der Waals surface area contributed by atoms with Gasteiger partial charge in [0, 0.05) is 6.54 Å². The zero-order chi connectivity index (χ0) is 12.9. The highest BCUT2D eigenvalue weighted by molar-refractivity contribution is 4.97. The molecule has 0 aliphatic carbocycles. The average molecular weight is 239 g/mol. The summed E-state index contributed by atoms with van der Waals surface area (Å²) in [5.74, 6) is 0.983. The summed E-state index contributed by atoms with van der Waals surface area (Å²) in [6, 6.07) is 3.90. The Bertz CT molecular complexity index is 301. The zero-order valence-electron chi connectivity index (χ0n) is 11.4. The molecule has 1 rings (SSSR count). The van der Waals surface area contributed by atoms with Crippen LogP contribution in [0.25, 0.3) is 0 Å². The van der Waals surface area contributed by atoms with Gasteiger partial charge in [-0.25, -0.2) is 0 Å². The fourth-order valence-electron chi connectivity index (χ4n) is 1.71. The highest BCUT2D eigenvalue weighted by Crippen LogP contribution is 2.21. The summed E-state index contributed by atoms with van der Waals surface area (Å²) in [6.45, 7) is 11.0. The molecule has 1 aromatic rings. The fraction of sp³-hybridized carbons (Fsp3) is 0.714. The van der Waals surface area contributed by atoms with Crippen molar-refractivity contribution in [3.63, 3.8) is 0 Å². The lowest BCUT2D eigenvalue weighted by atomic mass is 9.87. The lowest BCUT2D eigenvalue weighted by molar-refractivity contribution is 0.0447. The van der Waals surface area contributed by atoms with Gasteiger partial charge in [0.1, 0.15) is 5.76 Å². The van der Waals surface area contributed by atoms with Gasteiger partial charge in [-0.05, 0) is 30.5 Å². The van der Waals surface area contributed by atoms with Crippen molar-refractivity contribution in [2.24, 2.45) is 5.41 Å². The monoisotopic (exact) mass is 239 g/mol. The van der Waals surface area contributed by atoms with E-state index in [-0.39, 0.29) is 11.5 Å². The topological polar surface area (TPSA) is 36.6 Å². The molecule has 98 valence electrons. The summed E-state index contributed by atoms with van der Waals surface area (Å²) in [6.07, 6.45) is 2.25. The first-order chi connectivity index (χ1) is 7.93. The molecule has 1 aromatic heterocycles. The largest absolute Gasteiger partial charge is 0.468 e. The van der Waals surface area contributed by atoms with E-state index in [2.05, 4.69) is 32.6 Å². The molecule has 1 heterocycles. The second-order valence-corrected chi connectivity index (χ2v) is 5.62. The number of hydrogen-bond donors (Lipinski definition) is 1. The summed E-state index contributed by atoms with van der Waals surface area (Å²) in [5, 5.41) is 10.0. The Balaban J connectivity index is 2.37. The minimum absolute atomic E-state index is 0.0376. The Kier molecular flexibility index (Phi) is 5.22. The van der Waals surface area contributed by atoms with Crippen LogP contribution in [0.2, 0.25) is 0 Å². The molecular weight excluding hydrogens is 214 g/mol. The van der Waals surface area contributed by atoms with Gasteiger partial charge in [-0.2, -0.15) is 0 Å². The molecule has 1 unspecified atom stereocenters. The van der Waals surface area contributed by atoms with E-state index in [1.807, 2.05) is 12.1 Å². The van der Waals surface area contributed by atoms with Crippen LogP contribution in [0.4, 0.5) is 0 Å². The summed E-state index contributed by atoms with van der Waals surface area (Å²) in [5.41, 5.74) is -0.0376. The van der Waals surface area contributed by atoms with E-state index in [1.165, 1.54) is 0 Å². The van der Waals surface area contributed by atoms with Crippen LogP contribution in [-0.4, -0.2) is 29.2 Å². The van der Waals surface area contributed by atoms with Crippen molar-refractivity contribution in [1.82, 2.24) is 4.90 Å². The summed E-state index contributed by atoms with van der Waals surface area (Å²) in [7, 11) is 0. The minimum atomic E-state index is -0.256. The van der Waals surface area contributed by atoms with Crippen molar-refractivity contribution in [2.75, 3.05) is 13.1 Å². The van der Waals surface area contributed by atoms with E-state index in [9.17, 15) is 5.11 Å². The Morgan fingerprint density at radius 2 is 2.12 bits per heavy atom. The summed E-state index contributed by atoms with van der Waals surface area (Å²) in [4.78, 5) is 2.29. The molecule has 0 radical (unpaired) electrons. The standard InChI is InChI=1S/C14H25NO2/c1-5-15(11-12-7-6-10-17-12)9-8-13(16)14(2,3)4/h6-7,10,13,16H,5,8-9,11H2,1-4H3. The number of rotatable bonds is 6. The van der Waals surface area contributed by atoms with Gasteiger partial charge in [0.05, 0.1) is 18.9 Å². The number of hydrogen-bond acceptors (Lipinski definition) is 3. The number of aliphatic hydroxyl groups is 1. The third-order valence-corrected chi connectivity index (χ3v) is 3.13. The number of furan rings is 1. The molecule has 0 amide bonds. The average Bonchev–Trinajstić information content (AvgIpc) is 2.74. The first-order valence-electron chi connectivity index (χ1n) is 6.36. The molecule has 0 bridgehead atoms. The SMILES string of the molecule is CCN(CCC(O)C(C)(C)C)Cc1ccco1. The molecular formula is C14H25NO2. The van der Waals surface area contributed by atoms with Gasteiger partial charge in [0.2, 0.25) is 0 Å². The summed E-state index contributed by atoms with van der Waals surface area (Å²) < 4.78 is 5.34. The Hall–Kier alpha value is -0.800. The lowest BCUT2D eigenvalue weighted by Gasteiger charge is -2.28. The molecule has 0 spiro atoms. The first-order valence-corrected chi connectivity index (χ1v) is 6.36.